The van der Waals surface area contributed by atoms with Crippen molar-refractivity contribution in [2.45, 2.75) is 16.7 Å². The maximum Gasteiger partial charge on any atom is 0.175 e. The number of benzene rings is 1. The van der Waals surface area contributed by atoms with Gasteiger partial charge in [-0.1, -0.05) is 12.1 Å². The summed E-state index contributed by atoms with van der Waals surface area (Å²) in [6, 6.07) is 6.61. The molecule has 4 nitrogen and oxygen atoms in total. The number of rotatable bonds is 4. The van der Waals surface area contributed by atoms with Gasteiger partial charge in [-0.2, -0.15) is 0 Å². The van der Waals surface area contributed by atoms with Gasteiger partial charge in [-0.25, -0.2) is 13.4 Å². The molecule has 1 atom stereocenters. The highest BCUT2D eigenvalue weighted by molar-refractivity contribution is 7.90. The van der Waals surface area contributed by atoms with Crippen LogP contribution in [0, 0.1) is 0 Å². The van der Waals surface area contributed by atoms with E-state index in [4.69, 9.17) is 11.6 Å². The molecule has 6 heteroatoms. The van der Waals surface area contributed by atoms with Crippen LogP contribution in [0.2, 0.25) is 0 Å². The zero-order valence-electron chi connectivity index (χ0n) is 9.80. The number of nitrogens with one attached hydrogen (secondary N) is 1. The molecule has 0 aliphatic rings. The average Bonchev–Trinajstić information content (AvgIpc) is 2.81. The Labute approximate surface area is 111 Å². The molecular weight excluding hydrogens is 272 g/mol. The number of imidazole rings is 1. The lowest BCUT2D eigenvalue weighted by Gasteiger charge is -2.08. The molecule has 1 aromatic heterocycles. The van der Waals surface area contributed by atoms with Gasteiger partial charge in [-0.15, -0.1) is 11.6 Å². The third kappa shape index (κ3) is 3.11. The van der Waals surface area contributed by atoms with Crippen LogP contribution in [-0.4, -0.2) is 24.6 Å². The molecule has 1 aromatic carbocycles. The summed E-state index contributed by atoms with van der Waals surface area (Å²) in [4.78, 5) is 7.38. The molecule has 0 saturated heterocycles. The van der Waals surface area contributed by atoms with Crippen molar-refractivity contribution in [3.05, 3.63) is 48.0 Å². The number of aromatic amines is 1. The first-order chi connectivity index (χ1) is 8.47. The molecule has 0 radical (unpaired) electrons. The second-order valence-electron chi connectivity index (χ2n) is 4.05. The first-order valence-corrected chi connectivity index (χ1v) is 7.72. The van der Waals surface area contributed by atoms with Crippen molar-refractivity contribution in [2.24, 2.45) is 0 Å². The smallest absolute Gasteiger partial charge is 0.175 e. The van der Waals surface area contributed by atoms with Gasteiger partial charge >= 0.3 is 0 Å². The van der Waals surface area contributed by atoms with Crippen molar-refractivity contribution in [2.75, 3.05) is 6.26 Å². The van der Waals surface area contributed by atoms with E-state index in [2.05, 4.69) is 9.97 Å². The molecule has 0 fully saturated rings. The van der Waals surface area contributed by atoms with Gasteiger partial charge in [0.2, 0.25) is 0 Å². The van der Waals surface area contributed by atoms with Gasteiger partial charge in [0.05, 0.1) is 10.3 Å². The molecule has 0 bridgehead atoms. The third-order valence-corrected chi connectivity index (χ3v) is 4.13. The van der Waals surface area contributed by atoms with E-state index in [-0.39, 0.29) is 5.38 Å². The van der Waals surface area contributed by atoms with Crippen molar-refractivity contribution in [3.63, 3.8) is 0 Å². The maximum absolute atomic E-state index is 11.3. The largest absolute Gasteiger partial charge is 0.349 e. The lowest BCUT2D eigenvalue weighted by atomic mass is 10.1. The van der Waals surface area contributed by atoms with Crippen molar-refractivity contribution in [1.29, 1.82) is 0 Å². The topological polar surface area (TPSA) is 62.8 Å². The second-order valence-corrected chi connectivity index (χ2v) is 6.59. The number of halogens is 1. The molecule has 0 aliphatic heterocycles. The monoisotopic (exact) mass is 284 g/mol. The maximum atomic E-state index is 11.3. The third-order valence-electron chi connectivity index (χ3n) is 2.60. The zero-order chi connectivity index (χ0) is 13.2. The van der Waals surface area contributed by atoms with E-state index in [0.29, 0.717) is 11.3 Å². The summed E-state index contributed by atoms with van der Waals surface area (Å²) >= 11 is 6.25. The minimum Gasteiger partial charge on any atom is -0.349 e. The van der Waals surface area contributed by atoms with Crippen LogP contribution < -0.4 is 0 Å². The fourth-order valence-corrected chi connectivity index (χ4v) is 2.54. The van der Waals surface area contributed by atoms with Gasteiger partial charge in [-0.05, 0) is 17.7 Å². The average molecular weight is 285 g/mol. The van der Waals surface area contributed by atoms with E-state index >= 15 is 0 Å². The van der Waals surface area contributed by atoms with E-state index in [9.17, 15) is 8.42 Å². The van der Waals surface area contributed by atoms with Crippen molar-refractivity contribution < 1.29 is 8.42 Å². The summed E-state index contributed by atoms with van der Waals surface area (Å²) in [7, 11) is -3.16. The first-order valence-electron chi connectivity index (χ1n) is 5.39. The normalized spacial score (nSPS) is 13.4. The van der Waals surface area contributed by atoms with Crippen LogP contribution in [-0.2, 0) is 16.3 Å². The molecule has 0 amide bonds. The minimum atomic E-state index is -3.16. The summed E-state index contributed by atoms with van der Waals surface area (Å²) < 4.78 is 22.6. The predicted octanol–water partition coefficient (Wildman–Crippen LogP) is 2.34. The Balaban J connectivity index is 2.14. The van der Waals surface area contributed by atoms with Gasteiger partial charge in [0.25, 0.3) is 0 Å². The van der Waals surface area contributed by atoms with Gasteiger partial charge < -0.3 is 4.98 Å². The van der Waals surface area contributed by atoms with E-state index < -0.39 is 9.84 Å². The quantitative estimate of drug-likeness (QED) is 0.877. The molecule has 0 spiro atoms. The number of hydrogen-bond donors (Lipinski definition) is 1. The molecule has 2 rings (SSSR count). The molecule has 1 heterocycles. The Morgan fingerprint density at radius 3 is 2.50 bits per heavy atom. The highest BCUT2D eigenvalue weighted by Gasteiger charge is 2.12. The Morgan fingerprint density at radius 1 is 1.33 bits per heavy atom. The lowest BCUT2D eigenvalue weighted by Crippen LogP contribution is -2.00. The number of aromatic nitrogens is 2. The van der Waals surface area contributed by atoms with E-state index in [1.165, 1.54) is 6.26 Å². The first kappa shape index (κ1) is 13.1. The van der Waals surface area contributed by atoms with Crippen LogP contribution in [0.15, 0.2) is 41.6 Å². The van der Waals surface area contributed by atoms with E-state index in [1.54, 1.807) is 36.7 Å². The molecule has 96 valence electrons. The van der Waals surface area contributed by atoms with Crippen molar-refractivity contribution in [1.82, 2.24) is 9.97 Å². The number of sulfone groups is 1. The van der Waals surface area contributed by atoms with E-state index in [0.717, 1.165) is 11.4 Å². The molecule has 0 saturated carbocycles. The number of nitrogens with zero attached hydrogens (tertiary/aromatic N) is 1. The van der Waals surface area contributed by atoms with Crippen LogP contribution in [0.3, 0.4) is 0 Å². The highest BCUT2D eigenvalue weighted by atomic mass is 35.5. The van der Waals surface area contributed by atoms with Crippen LogP contribution >= 0.6 is 11.6 Å². The van der Waals surface area contributed by atoms with Gasteiger partial charge in [0.1, 0.15) is 5.82 Å². The van der Waals surface area contributed by atoms with Crippen LogP contribution in [0.1, 0.15) is 16.8 Å². The van der Waals surface area contributed by atoms with Crippen LogP contribution in [0.25, 0.3) is 0 Å². The molecule has 18 heavy (non-hydrogen) atoms. The summed E-state index contributed by atoms with van der Waals surface area (Å²) in [5.41, 5.74) is 0.875. The fourth-order valence-electron chi connectivity index (χ4n) is 1.62. The second kappa shape index (κ2) is 5.12. The summed E-state index contributed by atoms with van der Waals surface area (Å²) in [6.45, 7) is 0. The number of H-pyrrole nitrogens is 1. The Morgan fingerprint density at radius 2 is 2.00 bits per heavy atom. The summed E-state index contributed by atoms with van der Waals surface area (Å²) in [6.07, 6.45) is 5.17. The SMILES string of the molecule is CS(=O)(=O)c1ccc(C(Cl)Cc2ncc[nH]2)cc1. The van der Waals surface area contributed by atoms with Gasteiger partial charge in [0.15, 0.2) is 9.84 Å². The van der Waals surface area contributed by atoms with Crippen molar-refractivity contribution in [3.8, 4) is 0 Å². The molecule has 1 unspecified atom stereocenters. The fraction of sp³-hybridized carbons (Fsp3) is 0.250. The highest BCUT2D eigenvalue weighted by Crippen LogP contribution is 2.24. The lowest BCUT2D eigenvalue weighted by molar-refractivity contribution is 0.602. The van der Waals surface area contributed by atoms with Crippen LogP contribution in [0.5, 0.6) is 0 Å². The van der Waals surface area contributed by atoms with Crippen LogP contribution in [0.4, 0.5) is 0 Å². The Hall–Kier alpha value is -1.33. The van der Waals surface area contributed by atoms with Gasteiger partial charge in [-0.3, -0.25) is 0 Å². The van der Waals surface area contributed by atoms with E-state index in [1.807, 2.05) is 0 Å². The summed E-state index contributed by atoms with van der Waals surface area (Å²) in [5.74, 6) is 0.808. The van der Waals surface area contributed by atoms with Crippen molar-refractivity contribution >= 4 is 21.4 Å². The predicted molar refractivity (Wildman–Crippen MR) is 70.4 cm³/mol. The zero-order valence-corrected chi connectivity index (χ0v) is 11.4. The molecule has 1 N–H and O–H groups in total. The Kier molecular flexibility index (Phi) is 3.73. The Bertz CT molecular complexity index is 606. The molecular formula is C12H13ClN2O2S. The number of hydrogen-bond acceptors (Lipinski definition) is 3. The molecule has 0 aliphatic carbocycles. The summed E-state index contributed by atoms with van der Waals surface area (Å²) in [5, 5.41) is -0.232. The number of alkyl halides is 1. The molecule has 2 aromatic rings. The minimum absolute atomic E-state index is 0.232. The standard InChI is InChI=1S/C12H13ClN2O2S/c1-18(16,17)10-4-2-9(3-5-10)11(13)8-12-14-6-7-15-12/h2-7,11H,8H2,1H3,(H,14,15). The van der Waals surface area contributed by atoms with Gasteiger partial charge in [0, 0.05) is 25.1 Å².